The third-order valence-corrected chi connectivity index (χ3v) is 6.53. The Hall–Kier alpha value is -1.48. The van der Waals surface area contributed by atoms with Crippen molar-refractivity contribution in [3.8, 4) is 10.6 Å². The molecule has 0 N–H and O–H groups in total. The number of amides is 1. The first-order chi connectivity index (χ1) is 12.3. The van der Waals surface area contributed by atoms with Crippen molar-refractivity contribution in [3.63, 3.8) is 0 Å². The lowest BCUT2D eigenvalue weighted by molar-refractivity contribution is 0.0648. The van der Waals surface area contributed by atoms with Crippen molar-refractivity contribution in [3.05, 3.63) is 40.4 Å². The van der Waals surface area contributed by atoms with E-state index < -0.39 is 9.84 Å². The van der Waals surface area contributed by atoms with Crippen LogP contribution in [-0.4, -0.2) is 73.8 Å². The largest absolute Gasteiger partial charge is 0.335 e. The molecule has 0 spiro atoms. The van der Waals surface area contributed by atoms with Gasteiger partial charge in [0.25, 0.3) is 5.91 Å². The van der Waals surface area contributed by atoms with Gasteiger partial charge in [-0.05, 0) is 6.07 Å². The Bertz CT molecular complexity index is 890. The minimum Gasteiger partial charge on any atom is -0.335 e. The standard InChI is InChI=1S/C17H20ClN3O3S2/c1-26(23,24)11-10-20-6-8-21(9-7-20)17(22)15-12-19-16(25-15)13-4-2-3-5-14(13)18/h2-5,12H,6-11H2,1H3. The summed E-state index contributed by atoms with van der Waals surface area (Å²) in [4.78, 5) is 21.5. The average Bonchev–Trinajstić information content (AvgIpc) is 3.09. The van der Waals surface area contributed by atoms with Crippen molar-refractivity contribution in [2.24, 2.45) is 0 Å². The Morgan fingerprint density at radius 2 is 1.92 bits per heavy atom. The molecule has 26 heavy (non-hydrogen) atoms. The first kappa shape index (κ1) is 19.3. The van der Waals surface area contributed by atoms with Crippen LogP contribution in [0.5, 0.6) is 0 Å². The molecule has 0 radical (unpaired) electrons. The van der Waals surface area contributed by atoms with Gasteiger partial charge in [0.15, 0.2) is 0 Å². The van der Waals surface area contributed by atoms with E-state index in [0.29, 0.717) is 42.6 Å². The molecule has 2 heterocycles. The van der Waals surface area contributed by atoms with Gasteiger partial charge < -0.3 is 4.90 Å². The number of piperazine rings is 1. The second-order valence-electron chi connectivity index (χ2n) is 6.27. The van der Waals surface area contributed by atoms with Crippen molar-refractivity contribution in [2.75, 3.05) is 44.7 Å². The maximum Gasteiger partial charge on any atom is 0.265 e. The maximum atomic E-state index is 12.7. The van der Waals surface area contributed by atoms with E-state index in [0.717, 1.165) is 10.6 Å². The van der Waals surface area contributed by atoms with Crippen LogP contribution in [0.2, 0.25) is 5.02 Å². The number of sulfone groups is 1. The molecule has 1 amide bonds. The normalized spacial score (nSPS) is 16.0. The Balaban J connectivity index is 1.60. The van der Waals surface area contributed by atoms with Crippen LogP contribution in [0.3, 0.4) is 0 Å². The number of carbonyl (C=O) groups is 1. The molecule has 140 valence electrons. The molecule has 0 atom stereocenters. The number of hydrogen-bond acceptors (Lipinski definition) is 6. The highest BCUT2D eigenvalue weighted by Gasteiger charge is 2.24. The molecule has 2 aromatic rings. The molecule has 3 rings (SSSR count). The number of thiazole rings is 1. The van der Waals surface area contributed by atoms with E-state index in [4.69, 9.17) is 11.6 Å². The predicted molar refractivity (Wildman–Crippen MR) is 105 cm³/mol. The summed E-state index contributed by atoms with van der Waals surface area (Å²) in [6, 6.07) is 7.43. The van der Waals surface area contributed by atoms with E-state index in [1.54, 1.807) is 17.2 Å². The van der Waals surface area contributed by atoms with Crippen LogP contribution in [0, 0.1) is 0 Å². The fourth-order valence-electron chi connectivity index (χ4n) is 2.76. The van der Waals surface area contributed by atoms with Crippen molar-refractivity contribution in [2.45, 2.75) is 0 Å². The summed E-state index contributed by atoms with van der Waals surface area (Å²) in [5, 5.41) is 1.34. The fraction of sp³-hybridized carbons (Fsp3) is 0.412. The lowest BCUT2D eigenvalue weighted by Gasteiger charge is -2.34. The van der Waals surface area contributed by atoms with Crippen LogP contribution in [-0.2, 0) is 9.84 Å². The quantitative estimate of drug-likeness (QED) is 0.751. The molecule has 9 heteroatoms. The molecule has 1 saturated heterocycles. The minimum atomic E-state index is -2.96. The molecule has 0 bridgehead atoms. The number of rotatable bonds is 5. The molecule has 0 unspecified atom stereocenters. The summed E-state index contributed by atoms with van der Waals surface area (Å²) in [6.07, 6.45) is 2.84. The van der Waals surface area contributed by atoms with Crippen molar-refractivity contribution in [1.82, 2.24) is 14.8 Å². The summed E-state index contributed by atoms with van der Waals surface area (Å²) >= 11 is 7.53. The second kappa shape index (κ2) is 8.04. The SMILES string of the molecule is CS(=O)(=O)CCN1CCN(C(=O)c2cnc(-c3ccccc3Cl)s2)CC1. The van der Waals surface area contributed by atoms with Gasteiger partial charge in [-0.1, -0.05) is 29.8 Å². The zero-order chi connectivity index (χ0) is 18.7. The lowest BCUT2D eigenvalue weighted by Crippen LogP contribution is -2.49. The van der Waals surface area contributed by atoms with Gasteiger partial charge in [-0.2, -0.15) is 0 Å². The zero-order valence-corrected chi connectivity index (χ0v) is 16.8. The van der Waals surface area contributed by atoms with Gasteiger partial charge in [-0.15, -0.1) is 11.3 Å². The number of aromatic nitrogens is 1. The van der Waals surface area contributed by atoms with E-state index in [1.165, 1.54) is 17.6 Å². The van der Waals surface area contributed by atoms with Crippen LogP contribution in [0.25, 0.3) is 10.6 Å². The number of hydrogen-bond donors (Lipinski definition) is 0. The predicted octanol–water partition coefficient (Wildman–Crippen LogP) is 2.27. The molecular formula is C17H20ClN3O3S2. The Kier molecular flexibility index (Phi) is 5.96. The molecular weight excluding hydrogens is 394 g/mol. The van der Waals surface area contributed by atoms with E-state index in [9.17, 15) is 13.2 Å². The van der Waals surface area contributed by atoms with Gasteiger partial charge >= 0.3 is 0 Å². The molecule has 0 aliphatic carbocycles. The molecule has 1 aromatic carbocycles. The second-order valence-corrected chi connectivity index (χ2v) is 9.97. The first-order valence-electron chi connectivity index (χ1n) is 8.23. The van der Waals surface area contributed by atoms with Gasteiger partial charge in [0.2, 0.25) is 0 Å². The van der Waals surface area contributed by atoms with Crippen LogP contribution in [0.1, 0.15) is 9.67 Å². The number of carbonyl (C=O) groups excluding carboxylic acids is 1. The molecule has 1 aliphatic heterocycles. The fourth-order valence-corrected chi connectivity index (χ4v) is 4.55. The van der Waals surface area contributed by atoms with Gasteiger partial charge in [-0.3, -0.25) is 9.69 Å². The smallest absolute Gasteiger partial charge is 0.265 e. The summed E-state index contributed by atoms with van der Waals surface area (Å²) in [6.45, 7) is 3.04. The van der Waals surface area contributed by atoms with E-state index in [1.807, 2.05) is 18.2 Å². The summed E-state index contributed by atoms with van der Waals surface area (Å²) < 4.78 is 22.5. The minimum absolute atomic E-state index is 0.0384. The van der Waals surface area contributed by atoms with Crippen molar-refractivity contribution in [1.29, 1.82) is 0 Å². The van der Waals surface area contributed by atoms with Gasteiger partial charge in [0, 0.05) is 44.5 Å². The van der Waals surface area contributed by atoms with Crippen LogP contribution >= 0.6 is 22.9 Å². The average molecular weight is 414 g/mol. The highest BCUT2D eigenvalue weighted by Crippen LogP contribution is 2.31. The van der Waals surface area contributed by atoms with E-state index >= 15 is 0 Å². The third-order valence-electron chi connectivity index (χ3n) is 4.26. The molecule has 0 saturated carbocycles. The highest BCUT2D eigenvalue weighted by atomic mass is 35.5. The first-order valence-corrected chi connectivity index (χ1v) is 11.5. The molecule has 1 fully saturated rings. The third kappa shape index (κ3) is 4.82. The van der Waals surface area contributed by atoms with E-state index in [-0.39, 0.29) is 11.7 Å². The Morgan fingerprint density at radius 3 is 2.58 bits per heavy atom. The Morgan fingerprint density at radius 1 is 1.23 bits per heavy atom. The van der Waals surface area contributed by atoms with Gasteiger partial charge in [-0.25, -0.2) is 13.4 Å². The topological polar surface area (TPSA) is 70.6 Å². The summed E-state index contributed by atoms with van der Waals surface area (Å²) in [5.41, 5.74) is 0.823. The lowest BCUT2D eigenvalue weighted by atomic mass is 10.2. The van der Waals surface area contributed by atoms with E-state index in [2.05, 4.69) is 9.88 Å². The zero-order valence-electron chi connectivity index (χ0n) is 14.4. The number of halogens is 1. The van der Waals surface area contributed by atoms with Crippen LogP contribution < -0.4 is 0 Å². The molecule has 1 aromatic heterocycles. The highest BCUT2D eigenvalue weighted by molar-refractivity contribution is 7.90. The molecule has 1 aliphatic rings. The van der Waals surface area contributed by atoms with Gasteiger partial charge in [0.1, 0.15) is 19.7 Å². The number of benzene rings is 1. The van der Waals surface area contributed by atoms with Crippen molar-refractivity contribution < 1.29 is 13.2 Å². The monoisotopic (exact) mass is 413 g/mol. The van der Waals surface area contributed by atoms with Crippen LogP contribution in [0.15, 0.2) is 30.5 Å². The van der Waals surface area contributed by atoms with Gasteiger partial charge in [0.05, 0.1) is 17.0 Å². The number of nitrogens with zero attached hydrogens (tertiary/aromatic N) is 3. The van der Waals surface area contributed by atoms with Crippen LogP contribution in [0.4, 0.5) is 0 Å². The summed E-state index contributed by atoms with van der Waals surface area (Å²) in [7, 11) is -2.96. The molecule has 6 nitrogen and oxygen atoms in total. The summed E-state index contributed by atoms with van der Waals surface area (Å²) in [5.74, 6) is 0.111. The maximum absolute atomic E-state index is 12.7. The Labute approximate surface area is 162 Å². The van der Waals surface area contributed by atoms with Crippen molar-refractivity contribution >= 4 is 38.7 Å².